The van der Waals surface area contributed by atoms with Crippen LogP contribution in [0.5, 0.6) is 0 Å². The van der Waals surface area contributed by atoms with Crippen LogP contribution in [-0.4, -0.2) is 25.9 Å². The third kappa shape index (κ3) is 2.91. The highest BCUT2D eigenvalue weighted by Crippen LogP contribution is 2.20. The molecule has 8 heteroatoms. The van der Waals surface area contributed by atoms with Crippen molar-refractivity contribution < 1.29 is 9.21 Å². The van der Waals surface area contributed by atoms with E-state index >= 15 is 0 Å². The molecular formula is C14H12BrN5O2. The summed E-state index contributed by atoms with van der Waals surface area (Å²) in [5.41, 5.74) is 2.03. The predicted molar refractivity (Wildman–Crippen MR) is 83.3 cm³/mol. The average molecular weight is 362 g/mol. The first kappa shape index (κ1) is 14.5. The number of aryl methyl sites for hydroxylation is 2. The molecule has 2 heterocycles. The average Bonchev–Trinajstić information content (AvgIpc) is 3.06. The Morgan fingerprint density at radius 1 is 1.27 bits per heavy atom. The van der Waals surface area contributed by atoms with Crippen molar-refractivity contribution in [3.63, 3.8) is 0 Å². The fraction of sp³-hybridized carbons (Fsp3) is 0.143. The minimum absolute atomic E-state index is 0.0433. The van der Waals surface area contributed by atoms with Crippen LogP contribution in [0.4, 0.5) is 6.01 Å². The largest absolute Gasteiger partial charge is 0.401 e. The summed E-state index contributed by atoms with van der Waals surface area (Å²) in [6, 6.07) is 8.83. The van der Waals surface area contributed by atoms with E-state index in [-0.39, 0.29) is 11.9 Å². The molecule has 112 valence electrons. The Bertz CT molecular complexity index is 822. The highest BCUT2D eigenvalue weighted by molar-refractivity contribution is 9.10. The van der Waals surface area contributed by atoms with E-state index < -0.39 is 0 Å². The van der Waals surface area contributed by atoms with Crippen molar-refractivity contribution in [3.05, 3.63) is 46.1 Å². The van der Waals surface area contributed by atoms with Crippen LogP contribution in [0.15, 0.2) is 39.2 Å². The van der Waals surface area contributed by atoms with Crippen molar-refractivity contribution in [1.82, 2.24) is 20.0 Å². The number of hydrogen-bond donors (Lipinski definition) is 1. The number of carbonyl (C=O) groups excluding carboxylic acids is 1. The van der Waals surface area contributed by atoms with Crippen LogP contribution in [0, 0.1) is 6.92 Å². The molecule has 0 unspecified atom stereocenters. The number of benzene rings is 1. The lowest BCUT2D eigenvalue weighted by atomic mass is 10.2. The maximum Gasteiger partial charge on any atom is 0.322 e. The summed E-state index contributed by atoms with van der Waals surface area (Å²) in [6.45, 7) is 1.87. The van der Waals surface area contributed by atoms with E-state index in [2.05, 4.69) is 36.5 Å². The molecule has 0 saturated carbocycles. The quantitative estimate of drug-likeness (QED) is 0.774. The number of anilines is 1. The van der Waals surface area contributed by atoms with E-state index in [0.717, 1.165) is 10.2 Å². The molecule has 0 aliphatic carbocycles. The van der Waals surface area contributed by atoms with Crippen molar-refractivity contribution in [2.75, 3.05) is 5.32 Å². The molecule has 0 spiro atoms. The predicted octanol–water partition coefficient (Wildman–Crippen LogP) is 2.79. The molecule has 2 aromatic heterocycles. The van der Waals surface area contributed by atoms with E-state index in [9.17, 15) is 4.79 Å². The number of aromatic nitrogens is 4. The molecule has 0 fully saturated rings. The first-order valence-corrected chi connectivity index (χ1v) is 7.23. The molecule has 1 amide bonds. The van der Waals surface area contributed by atoms with Gasteiger partial charge in [0.25, 0.3) is 11.8 Å². The van der Waals surface area contributed by atoms with Crippen LogP contribution in [0.25, 0.3) is 11.6 Å². The number of carbonyl (C=O) groups is 1. The highest BCUT2D eigenvalue weighted by atomic mass is 79.9. The lowest BCUT2D eigenvalue weighted by Crippen LogP contribution is -2.11. The maximum atomic E-state index is 12.1. The maximum absolute atomic E-state index is 12.1. The third-order valence-electron chi connectivity index (χ3n) is 2.97. The van der Waals surface area contributed by atoms with Crippen LogP contribution in [0.3, 0.4) is 0 Å². The minimum Gasteiger partial charge on any atom is -0.401 e. The number of amides is 1. The van der Waals surface area contributed by atoms with Gasteiger partial charge in [0.15, 0.2) is 0 Å². The highest BCUT2D eigenvalue weighted by Gasteiger charge is 2.15. The van der Waals surface area contributed by atoms with Gasteiger partial charge in [-0.1, -0.05) is 21.0 Å². The molecule has 0 aliphatic rings. The van der Waals surface area contributed by atoms with Gasteiger partial charge in [-0.25, -0.2) is 0 Å². The number of halogens is 1. The Balaban J connectivity index is 1.78. The van der Waals surface area contributed by atoms with Crippen LogP contribution < -0.4 is 5.32 Å². The summed E-state index contributed by atoms with van der Waals surface area (Å²) in [5.74, 6) is -0.0157. The lowest BCUT2D eigenvalue weighted by molar-refractivity contribution is 0.102. The summed E-state index contributed by atoms with van der Waals surface area (Å²) < 4.78 is 8.00. The van der Waals surface area contributed by atoms with Crippen molar-refractivity contribution in [3.8, 4) is 11.6 Å². The standard InChI is InChI=1S/C14H12BrN5O2/c1-8-7-11(20(2)19-8)13-17-18-14(22-13)16-12(21)9-3-5-10(15)6-4-9/h3-7H,1-2H3,(H,16,18,21). The summed E-state index contributed by atoms with van der Waals surface area (Å²) in [4.78, 5) is 12.1. The molecule has 7 nitrogen and oxygen atoms in total. The van der Waals surface area contributed by atoms with E-state index in [1.807, 2.05) is 13.0 Å². The number of hydrogen-bond acceptors (Lipinski definition) is 5. The first-order valence-electron chi connectivity index (χ1n) is 6.44. The Hall–Kier alpha value is -2.48. The van der Waals surface area contributed by atoms with Gasteiger partial charge in [0.05, 0.1) is 5.69 Å². The minimum atomic E-state index is -0.316. The van der Waals surface area contributed by atoms with E-state index in [1.165, 1.54) is 0 Å². The second-order valence-corrected chi connectivity index (χ2v) is 5.58. The molecule has 3 aromatic rings. The smallest absolute Gasteiger partial charge is 0.322 e. The van der Waals surface area contributed by atoms with Crippen molar-refractivity contribution in [1.29, 1.82) is 0 Å². The molecule has 3 rings (SSSR count). The summed E-state index contributed by atoms with van der Waals surface area (Å²) >= 11 is 3.32. The zero-order valence-electron chi connectivity index (χ0n) is 11.9. The molecule has 1 aromatic carbocycles. The second-order valence-electron chi connectivity index (χ2n) is 4.67. The SMILES string of the molecule is Cc1cc(-c2nnc(NC(=O)c3ccc(Br)cc3)o2)n(C)n1. The van der Waals surface area contributed by atoms with Gasteiger partial charge in [-0.3, -0.25) is 14.8 Å². The molecule has 0 bridgehead atoms. The van der Waals surface area contributed by atoms with Gasteiger partial charge in [-0.15, -0.1) is 5.10 Å². The Morgan fingerprint density at radius 3 is 2.64 bits per heavy atom. The molecule has 1 N–H and O–H groups in total. The summed E-state index contributed by atoms with van der Waals surface area (Å²) in [5, 5.41) is 14.5. The van der Waals surface area contributed by atoms with Gasteiger partial charge >= 0.3 is 6.01 Å². The van der Waals surface area contributed by atoms with Crippen LogP contribution >= 0.6 is 15.9 Å². The fourth-order valence-corrected chi connectivity index (χ4v) is 2.22. The molecule has 0 saturated heterocycles. The number of nitrogens with zero attached hydrogens (tertiary/aromatic N) is 4. The Labute approximate surface area is 134 Å². The molecule has 0 radical (unpaired) electrons. The van der Waals surface area contributed by atoms with Crippen LogP contribution in [0.2, 0.25) is 0 Å². The zero-order valence-corrected chi connectivity index (χ0v) is 13.5. The molecule has 0 aliphatic heterocycles. The molecule has 0 atom stereocenters. The van der Waals surface area contributed by atoms with Crippen LogP contribution in [-0.2, 0) is 7.05 Å². The van der Waals surface area contributed by atoms with Crippen LogP contribution in [0.1, 0.15) is 16.1 Å². The zero-order chi connectivity index (χ0) is 15.7. The number of nitrogens with one attached hydrogen (secondary N) is 1. The first-order chi connectivity index (χ1) is 10.5. The van der Waals surface area contributed by atoms with Gasteiger partial charge in [-0.05, 0) is 37.3 Å². The molecular weight excluding hydrogens is 350 g/mol. The number of rotatable bonds is 3. The third-order valence-corrected chi connectivity index (χ3v) is 3.50. The van der Waals surface area contributed by atoms with E-state index in [0.29, 0.717) is 17.1 Å². The summed E-state index contributed by atoms with van der Waals surface area (Å²) in [7, 11) is 1.78. The second kappa shape index (κ2) is 5.72. The Morgan fingerprint density at radius 2 is 2.00 bits per heavy atom. The summed E-state index contributed by atoms with van der Waals surface area (Å²) in [6.07, 6.45) is 0. The van der Waals surface area contributed by atoms with Gasteiger partial charge < -0.3 is 4.42 Å². The normalized spacial score (nSPS) is 10.7. The monoisotopic (exact) mass is 361 g/mol. The van der Waals surface area contributed by atoms with Gasteiger partial charge in [0.2, 0.25) is 0 Å². The fourth-order valence-electron chi connectivity index (χ4n) is 1.96. The van der Waals surface area contributed by atoms with E-state index in [1.54, 1.807) is 36.0 Å². The Kier molecular flexibility index (Phi) is 3.76. The van der Waals surface area contributed by atoms with Crippen molar-refractivity contribution in [2.45, 2.75) is 6.92 Å². The van der Waals surface area contributed by atoms with Gasteiger partial charge in [0, 0.05) is 17.1 Å². The van der Waals surface area contributed by atoms with E-state index in [4.69, 9.17) is 4.42 Å². The molecule has 22 heavy (non-hydrogen) atoms. The van der Waals surface area contributed by atoms with Crippen molar-refractivity contribution >= 4 is 27.9 Å². The topological polar surface area (TPSA) is 85.8 Å². The lowest BCUT2D eigenvalue weighted by Gasteiger charge is -2.00. The van der Waals surface area contributed by atoms with Gasteiger partial charge in [-0.2, -0.15) is 5.10 Å². The van der Waals surface area contributed by atoms with Crippen molar-refractivity contribution in [2.24, 2.45) is 7.05 Å². The van der Waals surface area contributed by atoms with Gasteiger partial charge in [0.1, 0.15) is 5.69 Å².